The number of hydrogen-bond donors (Lipinski definition) is 1. The highest BCUT2D eigenvalue weighted by Crippen LogP contribution is 2.35. The molecule has 1 aromatic heterocycles. The zero-order valence-electron chi connectivity index (χ0n) is 8.95. The normalized spacial score (nSPS) is 10.3. The summed E-state index contributed by atoms with van der Waals surface area (Å²) < 4.78 is 1.94. The maximum Gasteiger partial charge on any atom is 0.223 e. The summed E-state index contributed by atoms with van der Waals surface area (Å²) in [5, 5.41) is 3.81. The Bertz CT molecular complexity index is 534. The third kappa shape index (κ3) is 3.20. The van der Waals surface area contributed by atoms with Crippen molar-refractivity contribution in [2.75, 3.05) is 12.4 Å². The van der Waals surface area contributed by atoms with Crippen LogP contribution in [-0.2, 0) is 0 Å². The zero-order chi connectivity index (χ0) is 12.3. The summed E-state index contributed by atoms with van der Waals surface area (Å²) in [7, 11) is 1.80. The largest absolute Gasteiger partial charge is 0.357 e. The lowest BCUT2D eigenvalue weighted by Crippen LogP contribution is -1.97. The van der Waals surface area contributed by atoms with Gasteiger partial charge < -0.3 is 5.32 Å². The second-order valence-electron chi connectivity index (χ2n) is 3.13. The molecule has 88 valence electrons. The van der Waals surface area contributed by atoms with Crippen LogP contribution in [0.4, 0.5) is 5.95 Å². The molecule has 0 saturated heterocycles. The summed E-state index contributed by atoms with van der Waals surface area (Å²) >= 11 is 8.56. The van der Waals surface area contributed by atoms with Crippen LogP contribution in [0.3, 0.4) is 0 Å². The molecule has 0 aliphatic rings. The molecule has 0 unspecified atom stereocenters. The summed E-state index contributed by atoms with van der Waals surface area (Å²) in [6.07, 6.45) is 1.75. The fourth-order valence-corrected chi connectivity index (χ4v) is 2.94. The van der Waals surface area contributed by atoms with Crippen LogP contribution in [0.2, 0.25) is 0 Å². The predicted octanol–water partition coefficient (Wildman–Crippen LogP) is 4.19. The van der Waals surface area contributed by atoms with Crippen LogP contribution in [0.5, 0.6) is 0 Å². The summed E-state index contributed by atoms with van der Waals surface area (Å²) in [5.74, 6) is 0.614. The van der Waals surface area contributed by atoms with E-state index >= 15 is 0 Å². The van der Waals surface area contributed by atoms with E-state index in [1.54, 1.807) is 25.0 Å². The molecule has 2 aromatic rings. The van der Waals surface area contributed by atoms with E-state index in [0.29, 0.717) is 5.95 Å². The van der Waals surface area contributed by atoms with Gasteiger partial charge in [0.15, 0.2) is 0 Å². The van der Waals surface area contributed by atoms with E-state index in [9.17, 15) is 0 Å². The van der Waals surface area contributed by atoms with Crippen molar-refractivity contribution in [3.8, 4) is 0 Å². The van der Waals surface area contributed by atoms with Gasteiger partial charge >= 0.3 is 0 Å². The molecule has 1 heterocycles. The molecule has 6 heteroatoms. The predicted molar refractivity (Wildman–Crippen MR) is 77.5 cm³/mol. The van der Waals surface area contributed by atoms with Crippen molar-refractivity contribution in [1.29, 1.82) is 0 Å². The number of hydrogen-bond acceptors (Lipinski definition) is 4. The molecular formula is C11H9Br2N3S. The minimum atomic E-state index is 0.614. The third-order valence-corrected chi connectivity index (χ3v) is 4.86. The monoisotopic (exact) mass is 373 g/mol. The summed E-state index contributed by atoms with van der Waals surface area (Å²) in [6, 6.07) is 8.04. The molecule has 0 spiro atoms. The van der Waals surface area contributed by atoms with Crippen LogP contribution < -0.4 is 5.32 Å². The average Bonchev–Trinajstić information content (AvgIpc) is 2.35. The Kier molecular flexibility index (Phi) is 4.42. The molecule has 1 N–H and O–H groups in total. The van der Waals surface area contributed by atoms with E-state index < -0.39 is 0 Å². The van der Waals surface area contributed by atoms with E-state index in [1.165, 1.54) is 0 Å². The Morgan fingerprint density at radius 2 is 1.94 bits per heavy atom. The first-order chi connectivity index (χ1) is 8.20. The van der Waals surface area contributed by atoms with Gasteiger partial charge in [-0.15, -0.1) is 0 Å². The number of nitrogens with one attached hydrogen (secondary N) is 1. The smallest absolute Gasteiger partial charge is 0.223 e. The first kappa shape index (κ1) is 12.9. The minimum absolute atomic E-state index is 0.614. The standard InChI is InChI=1S/C11H9Br2N3S/c1-14-11-15-6-8(13)10(16-11)17-9-5-3-2-4-7(9)12/h2-6H,1H3,(H,14,15,16). The summed E-state index contributed by atoms with van der Waals surface area (Å²) in [4.78, 5) is 9.65. The Morgan fingerprint density at radius 1 is 1.18 bits per heavy atom. The Labute approximate surface area is 121 Å². The van der Waals surface area contributed by atoms with Gasteiger partial charge in [-0.2, -0.15) is 0 Å². The van der Waals surface area contributed by atoms with Crippen LogP contribution in [0.1, 0.15) is 0 Å². The van der Waals surface area contributed by atoms with Crippen molar-refractivity contribution < 1.29 is 0 Å². The van der Waals surface area contributed by atoms with Gasteiger partial charge in [0.2, 0.25) is 5.95 Å². The molecule has 0 atom stereocenters. The van der Waals surface area contributed by atoms with Gasteiger partial charge in [-0.3, -0.25) is 0 Å². The maximum absolute atomic E-state index is 4.40. The average molecular weight is 375 g/mol. The molecule has 3 nitrogen and oxygen atoms in total. The lowest BCUT2D eigenvalue weighted by molar-refractivity contribution is 1.02. The van der Waals surface area contributed by atoms with Crippen molar-refractivity contribution in [2.45, 2.75) is 9.92 Å². The number of benzene rings is 1. The van der Waals surface area contributed by atoms with Gasteiger partial charge in [0.1, 0.15) is 5.03 Å². The Morgan fingerprint density at radius 3 is 2.65 bits per heavy atom. The number of halogens is 2. The van der Waals surface area contributed by atoms with E-state index in [4.69, 9.17) is 0 Å². The first-order valence-electron chi connectivity index (χ1n) is 4.83. The molecular weight excluding hydrogens is 366 g/mol. The van der Waals surface area contributed by atoms with Gasteiger partial charge in [0.25, 0.3) is 0 Å². The second-order valence-corrected chi connectivity index (χ2v) is 5.87. The fourth-order valence-electron chi connectivity index (χ4n) is 1.18. The molecule has 0 aliphatic carbocycles. The number of anilines is 1. The van der Waals surface area contributed by atoms with Gasteiger partial charge in [-0.05, 0) is 44.0 Å². The first-order valence-corrected chi connectivity index (χ1v) is 7.23. The number of rotatable bonds is 3. The van der Waals surface area contributed by atoms with Crippen molar-refractivity contribution in [2.24, 2.45) is 0 Å². The molecule has 2 rings (SSSR count). The van der Waals surface area contributed by atoms with Crippen molar-refractivity contribution >= 4 is 49.6 Å². The quantitative estimate of drug-likeness (QED) is 0.817. The van der Waals surface area contributed by atoms with Crippen LogP contribution in [0, 0.1) is 0 Å². The van der Waals surface area contributed by atoms with Crippen LogP contribution >= 0.6 is 43.6 Å². The van der Waals surface area contributed by atoms with E-state index in [-0.39, 0.29) is 0 Å². The van der Waals surface area contributed by atoms with E-state index in [1.807, 2.05) is 24.3 Å². The highest BCUT2D eigenvalue weighted by atomic mass is 79.9. The van der Waals surface area contributed by atoms with Crippen LogP contribution in [0.15, 0.2) is 49.3 Å². The molecule has 1 aromatic carbocycles. The Hall–Kier alpha value is -0.590. The van der Waals surface area contributed by atoms with Crippen molar-refractivity contribution in [3.05, 3.63) is 39.4 Å². The van der Waals surface area contributed by atoms with Crippen molar-refractivity contribution in [3.63, 3.8) is 0 Å². The van der Waals surface area contributed by atoms with Gasteiger partial charge in [-0.1, -0.05) is 23.9 Å². The van der Waals surface area contributed by atoms with Gasteiger partial charge in [0, 0.05) is 22.6 Å². The lowest BCUT2D eigenvalue weighted by Gasteiger charge is -2.06. The maximum atomic E-state index is 4.40. The molecule has 0 amide bonds. The number of nitrogens with zero attached hydrogens (tertiary/aromatic N) is 2. The summed E-state index contributed by atoms with van der Waals surface area (Å²) in [5.41, 5.74) is 0. The minimum Gasteiger partial charge on any atom is -0.357 e. The van der Waals surface area contributed by atoms with Crippen molar-refractivity contribution in [1.82, 2.24) is 9.97 Å². The number of aromatic nitrogens is 2. The SMILES string of the molecule is CNc1ncc(Br)c(Sc2ccccc2Br)n1. The topological polar surface area (TPSA) is 37.8 Å². The molecule has 17 heavy (non-hydrogen) atoms. The molecule has 0 saturated carbocycles. The van der Waals surface area contributed by atoms with Crippen LogP contribution in [0.25, 0.3) is 0 Å². The molecule has 0 fully saturated rings. The molecule has 0 aliphatic heterocycles. The van der Waals surface area contributed by atoms with Gasteiger partial charge in [0.05, 0.1) is 4.47 Å². The second kappa shape index (κ2) is 5.84. The highest BCUT2D eigenvalue weighted by molar-refractivity contribution is 9.11. The fraction of sp³-hybridized carbons (Fsp3) is 0.0909. The lowest BCUT2D eigenvalue weighted by atomic mass is 10.4. The summed E-state index contributed by atoms with van der Waals surface area (Å²) in [6.45, 7) is 0. The van der Waals surface area contributed by atoms with Gasteiger partial charge in [-0.25, -0.2) is 9.97 Å². The highest BCUT2D eigenvalue weighted by Gasteiger charge is 2.08. The van der Waals surface area contributed by atoms with Crippen LogP contribution in [-0.4, -0.2) is 17.0 Å². The Balaban J connectivity index is 2.32. The molecule has 0 radical (unpaired) electrons. The molecule has 0 bridgehead atoms. The van der Waals surface area contributed by atoms with E-state index in [0.717, 1.165) is 18.9 Å². The zero-order valence-corrected chi connectivity index (χ0v) is 12.9. The van der Waals surface area contributed by atoms with E-state index in [2.05, 4.69) is 47.1 Å². The third-order valence-electron chi connectivity index (χ3n) is 1.98.